The van der Waals surface area contributed by atoms with Gasteiger partial charge < -0.3 is 9.47 Å². The highest BCUT2D eigenvalue weighted by molar-refractivity contribution is 5.89. The number of nitrogens with zero attached hydrogens (tertiary/aromatic N) is 2. The normalized spacial score (nSPS) is 10.2. The van der Waals surface area contributed by atoms with Crippen molar-refractivity contribution in [2.24, 2.45) is 0 Å². The van der Waals surface area contributed by atoms with Crippen molar-refractivity contribution < 1.29 is 14.3 Å². The molecule has 0 atom stereocenters. The summed E-state index contributed by atoms with van der Waals surface area (Å²) in [6, 6.07) is 6.70. The molecule has 2 aromatic rings. The van der Waals surface area contributed by atoms with E-state index in [9.17, 15) is 4.79 Å². The van der Waals surface area contributed by atoms with Gasteiger partial charge in [0.25, 0.3) is 0 Å². The van der Waals surface area contributed by atoms with Gasteiger partial charge in [-0.1, -0.05) is 0 Å². The highest BCUT2D eigenvalue weighted by atomic mass is 16.5. The molecule has 0 saturated carbocycles. The molecule has 0 spiro atoms. The minimum absolute atomic E-state index is 0.343. The number of rotatable bonds is 4. The fourth-order valence-corrected chi connectivity index (χ4v) is 1.56. The van der Waals surface area contributed by atoms with Crippen LogP contribution >= 0.6 is 0 Å². The Morgan fingerprint density at radius 3 is 2.45 bits per heavy atom. The minimum atomic E-state index is -0.343. The smallest absolute Gasteiger partial charge is 0.338 e. The van der Waals surface area contributed by atoms with E-state index in [2.05, 4.69) is 9.97 Å². The average molecular weight is 272 g/mol. The molecule has 0 aliphatic carbocycles. The van der Waals surface area contributed by atoms with Crippen LogP contribution in [0.3, 0.4) is 0 Å². The van der Waals surface area contributed by atoms with Crippen LogP contribution in [0.5, 0.6) is 11.6 Å². The van der Waals surface area contributed by atoms with E-state index in [0.29, 0.717) is 23.8 Å². The molecule has 20 heavy (non-hydrogen) atoms. The molecule has 5 nitrogen and oxygen atoms in total. The molecule has 0 aliphatic heterocycles. The molecule has 104 valence electrons. The predicted molar refractivity (Wildman–Crippen MR) is 74.0 cm³/mol. The number of hydrogen-bond acceptors (Lipinski definition) is 5. The Balaban J connectivity index is 2.10. The summed E-state index contributed by atoms with van der Waals surface area (Å²) in [5.41, 5.74) is 2.19. The summed E-state index contributed by atoms with van der Waals surface area (Å²) in [6.45, 7) is 5.89. The van der Waals surface area contributed by atoms with Gasteiger partial charge in [0.2, 0.25) is 5.88 Å². The zero-order valence-electron chi connectivity index (χ0n) is 11.7. The van der Waals surface area contributed by atoms with Gasteiger partial charge in [-0.25, -0.2) is 9.78 Å². The molecule has 5 heteroatoms. The Morgan fingerprint density at radius 2 is 1.85 bits per heavy atom. The van der Waals surface area contributed by atoms with E-state index in [4.69, 9.17) is 9.47 Å². The number of benzene rings is 1. The maximum atomic E-state index is 11.5. The average Bonchev–Trinajstić information content (AvgIpc) is 2.44. The van der Waals surface area contributed by atoms with Crippen LogP contribution in [0.15, 0.2) is 30.5 Å². The molecule has 2 rings (SSSR count). The van der Waals surface area contributed by atoms with Crippen LogP contribution in [0.25, 0.3) is 0 Å². The quantitative estimate of drug-likeness (QED) is 0.800. The van der Waals surface area contributed by atoms with E-state index in [1.165, 1.54) is 0 Å². The second kappa shape index (κ2) is 6.14. The number of ether oxygens (including phenoxy) is 2. The highest BCUT2D eigenvalue weighted by Crippen LogP contribution is 2.20. The van der Waals surface area contributed by atoms with Crippen LogP contribution in [0.2, 0.25) is 0 Å². The summed E-state index contributed by atoms with van der Waals surface area (Å²) < 4.78 is 10.5. The van der Waals surface area contributed by atoms with Crippen molar-refractivity contribution in [2.45, 2.75) is 20.8 Å². The van der Waals surface area contributed by atoms with E-state index in [1.807, 2.05) is 13.8 Å². The number of aryl methyl sites for hydroxylation is 2. The largest absolute Gasteiger partial charge is 0.462 e. The zero-order valence-corrected chi connectivity index (χ0v) is 11.7. The summed E-state index contributed by atoms with van der Waals surface area (Å²) in [7, 11) is 0. The maximum Gasteiger partial charge on any atom is 0.338 e. The van der Waals surface area contributed by atoms with Gasteiger partial charge in [0.15, 0.2) is 0 Å². The van der Waals surface area contributed by atoms with Gasteiger partial charge in [0.05, 0.1) is 29.8 Å². The van der Waals surface area contributed by atoms with Crippen molar-refractivity contribution in [3.63, 3.8) is 0 Å². The van der Waals surface area contributed by atoms with Gasteiger partial charge in [-0.3, -0.25) is 4.98 Å². The maximum absolute atomic E-state index is 11.5. The van der Waals surface area contributed by atoms with E-state index in [1.54, 1.807) is 37.4 Å². The van der Waals surface area contributed by atoms with Crippen molar-refractivity contribution in [1.29, 1.82) is 0 Å². The zero-order chi connectivity index (χ0) is 14.5. The van der Waals surface area contributed by atoms with Gasteiger partial charge in [-0.2, -0.15) is 0 Å². The summed E-state index contributed by atoms with van der Waals surface area (Å²) in [5.74, 6) is 0.678. The Kier molecular flexibility index (Phi) is 4.30. The lowest BCUT2D eigenvalue weighted by Crippen LogP contribution is -2.04. The van der Waals surface area contributed by atoms with Gasteiger partial charge in [-0.05, 0) is 45.0 Å². The molecule has 1 heterocycles. The number of carbonyl (C=O) groups excluding carboxylic acids is 1. The first-order valence-corrected chi connectivity index (χ1v) is 6.35. The van der Waals surface area contributed by atoms with Gasteiger partial charge in [0, 0.05) is 0 Å². The predicted octanol–water partition coefficient (Wildman–Crippen LogP) is 3.06. The summed E-state index contributed by atoms with van der Waals surface area (Å²) in [4.78, 5) is 20.0. The van der Waals surface area contributed by atoms with Crippen LogP contribution in [0.1, 0.15) is 28.7 Å². The Bertz CT molecular complexity index is 609. The van der Waals surface area contributed by atoms with Crippen molar-refractivity contribution in [3.05, 3.63) is 47.4 Å². The molecule has 1 aromatic heterocycles. The third kappa shape index (κ3) is 3.32. The molecular weight excluding hydrogens is 256 g/mol. The molecule has 0 bridgehead atoms. The van der Waals surface area contributed by atoms with Gasteiger partial charge in [-0.15, -0.1) is 0 Å². The van der Waals surface area contributed by atoms with Crippen molar-refractivity contribution in [3.8, 4) is 11.6 Å². The summed E-state index contributed by atoms with van der Waals surface area (Å²) in [6.07, 6.45) is 1.57. The molecule has 0 aliphatic rings. The van der Waals surface area contributed by atoms with Gasteiger partial charge in [0.1, 0.15) is 5.75 Å². The monoisotopic (exact) mass is 272 g/mol. The topological polar surface area (TPSA) is 61.3 Å². The number of esters is 1. The van der Waals surface area contributed by atoms with Crippen LogP contribution in [-0.2, 0) is 4.74 Å². The number of aromatic nitrogens is 2. The molecular formula is C15H16N2O3. The summed E-state index contributed by atoms with van der Waals surface area (Å²) in [5, 5.41) is 0. The third-order valence-corrected chi connectivity index (χ3v) is 2.76. The van der Waals surface area contributed by atoms with Crippen molar-refractivity contribution in [1.82, 2.24) is 9.97 Å². The molecule has 0 saturated heterocycles. The number of carbonyl (C=O) groups is 1. The van der Waals surface area contributed by atoms with Crippen LogP contribution < -0.4 is 4.74 Å². The van der Waals surface area contributed by atoms with Crippen molar-refractivity contribution in [2.75, 3.05) is 6.61 Å². The van der Waals surface area contributed by atoms with E-state index < -0.39 is 0 Å². The van der Waals surface area contributed by atoms with E-state index in [0.717, 1.165) is 11.4 Å². The molecule has 0 fully saturated rings. The standard InChI is InChI=1S/C15H16N2O3/c1-4-19-15(18)12-5-7-13(8-6-12)20-14-9-16-10(2)11(3)17-14/h5-9H,4H2,1-3H3. The molecule has 0 amide bonds. The Labute approximate surface area is 117 Å². The SMILES string of the molecule is CCOC(=O)c1ccc(Oc2cnc(C)c(C)n2)cc1. The molecule has 0 N–H and O–H groups in total. The lowest BCUT2D eigenvalue weighted by Gasteiger charge is -2.07. The van der Waals surface area contributed by atoms with E-state index in [-0.39, 0.29) is 5.97 Å². The second-order valence-electron chi connectivity index (χ2n) is 4.23. The molecule has 0 unspecified atom stereocenters. The Morgan fingerprint density at radius 1 is 1.15 bits per heavy atom. The first kappa shape index (κ1) is 14.0. The lowest BCUT2D eigenvalue weighted by molar-refractivity contribution is 0.0526. The van der Waals surface area contributed by atoms with Gasteiger partial charge >= 0.3 is 5.97 Å². The first-order valence-electron chi connectivity index (χ1n) is 6.35. The van der Waals surface area contributed by atoms with Crippen LogP contribution in [0, 0.1) is 13.8 Å². The fourth-order valence-electron chi connectivity index (χ4n) is 1.56. The van der Waals surface area contributed by atoms with E-state index >= 15 is 0 Å². The molecule has 1 aromatic carbocycles. The third-order valence-electron chi connectivity index (χ3n) is 2.76. The molecule has 0 radical (unpaired) electrons. The number of hydrogen-bond donors (Lipinski definition) is 0. The summed E-state index contributed by atoms with van der Waals surface area (Å²) >= 11 is 0. The van der Waals surface area contributed by atoms with Crippen LogP contribution in [-0.4, -0.2) is 22.5 Å². The second-order valence-corrected chi connectivity index (χ2v) is 4.23. The lowest BCUT2D eigenvalue weighted by atomic mass is 10.2. The minimum Gasteiger partial charge on any atom is -0.462 e. The van der Waals surface area contributed by atoms with Crippen molar-refractivity contribution >= 4 is 5.97 Å². The fraction of sp³-hybridized carbons (Fsp3) is 0.267. The highest BCUT2D eigenvalue weighted by Gasteiger charge is 2.07. The van der Waals surface area contributed by atoms with Crippen LogP contribution in [0.4, 0.5) is 0 Å². The first-order chi connectivity index (χ1) is 9.60. The Hall–Kier alpha value is -2.43.